The van der Waals surface area contributed by atoms with Crippen molar-refractivity contribution in [2.75, 3.05) is 20.2 Å². The fourth-order valence-electron chi connectivity index (χ4n) is 4.42. The standard InChI is InChI=1S/C22H27Cl2FN4O2/c1-11-8-14(23)18(24)19(25)20(11)29-22-17-12(2)21(31-13-4-6-26-7-5-13)16(30-3)9-15(17)27-10-28-22/h9-13,17,26H,4-8H2,1-3H3,(H,27,28,29). The van der Waals surface area contributed by atoms with Crippen LogP contribution in [0.2, 0.25) is 0 Å². The van der Waals surface area contributed by atoms with E-state index in [-0.39, 0.29) is 28.9 Å². The summed E-state index contributed by atoms with van der Waals surface area (Å²) >= 11 is 12.2. The number of allylic oxidation sites excluding steroid dienone is 6. The molecule has 1 fully saturated rings. The lowest BCUT2D eigenvalue weighted by molar-refractivity contribution is 0.0539. The summed E-state index contributed by atoms with van der Waals surface area (Å²) in [7, 11) is 1.63. The van der Waals surface area contributed by atoms with E-state index in [9.17, 15) is 4.39 Å². The molecule has 31 heavy (non-hydrogen) atoms. The van der Waals surface area contributed by atoms with Gasteiger partial charge >= 0.3 is 0 Å². The van der Waals surface area contributed by atoms with Crippen LogP contribution in [0.4, 0.5) is 4.39 Å². The summed E-state index contributed by atoms with van der Waals surface area (Å²) in [6, 6.07) is 0. The molecule has 2 heterocycles. The van der Waals surface area contributed by atoms with Crippen LogP contribution in [-0.4, -0.2) is 38.5 Å². The van der Waals surface area contributed by atoms with Gasteiger partial charge in [-0.1, -0.05) is 37.0 Å². The number of amidine groups is 1. The molecule has 168 valence electrons. The average Bonchev–Trinajstić information content (AvgIpc) is 2.77. The Hall–Kier alpha value is -1.83. The maximum Gasteiger partial charge on any atom is 0.162 e. The molecule has 2 aliphatic carbocycles. The molecule has 0 bridgehead atoms. The SMILES string of the molecule is COC1=C(OC2CCNCC2)C(C)C2C(=C1)N=CN=C2NC1=C(F)C(Cl)=C(Cl)CC1C. The molecular weight excluding hydrogens is 442 g/mol. The second kappa shape index (κ2) is 9.35. The molecule has 4 aliphatic rings. The highest BCUT2D eigenvalue weighted by Gasteiger charge is 2.39. The molecule has 0 spiro atoms. The van der Waals surface area contributed by atoms with Gasteiger partial charge in [0.05, 0.1) is 29.5 Å². The molecule has 0 aromatic carbocycles. The minimum atomic E-state index is -0.538. The summed E-state index contributed by atoms with van der Waals surface area (Å²) in [6.45, 7) is 5.82. The number of ether oxygens (including phenoxy) is 2. The van der Waals surface area contributed by atoms with Gasteiger partial charge in [-0.2, -0.15) is 0 Å². The number of nitrogens with zero attached hydrogens (tertiary/aromatic N) is 2. The first-order chi connectivity index (χ1) is 14.9. The normalized spacial score (nSPS) is 29.5. The fourth-order valence-corrected chi connectivity index (χ4v) is 4.91. The minimum Gasteiger partial charge on any atom is -0.493 e. The first kappa shape index (κ1) is 22.4. The molecule has 3 unspecified atom stereocenters. The summed E-state index contributed by atoms with van der Waals surface area (Å²) in [5, 5.41) is 6.85. The van der Waals surface area contributed by atoms with Crippen molar-refractivity contribution < 1.29 is 13.9 Å². The van der Waals surface area contributed by atoms with Gasteiger partial charge in [-0.3, -0.25) is 0 Å². The van der Waals surface area contributed by atoms with Crippen molar-refractivity contribution >= 4 is 35.4 Å². The average molecular weight is 469 g/mol. The molecule has 2 aliphatic heterocycles. The summed E-state index contributed by atoms with van der Waals surface area (Å²) in [6.07, 6.45) is 5.83. The van der Waals surface area contributed by atoms with E-state index < -0.39 is 5.83 Å². The zero-order valence-corrected chi connectivity index (χ0v) is 19.4. The molecule has 2 N–H and O–H groups in total. The van der Waals surface area contributed by atoms with Crippen LogP contribution in [0.1, 0.15) is 33.1 Å². The zero-order valence-electron chi connectivity index (χ0n) is 17.8. The van der Waals surface area contributed by atoms with E-state index in [1.807, 2.05) is 13.0 Å². The van der Waals surface area contributed by atoms with E-state index in [1.165, 1.54) is 6.34 Å². The van der Waals surface area contributed by atoms with Gasteiger partial charge in [-0.15, -0.1) is 0 Å². The molecule has 0 saturated carbocycles. The Labute approximate surface area is 192 Å². The Morgan fingerprint density at radius 1 is 1.23 bits per heavy atom. The second-order valence-corrected chi connectivity index (χ2v) is 9.11. The van der Waals surface area contributed by atoms with Crippen LogP contribution in [0.5, 0.6) is 0 Å². The van der Waals surface area contributed by atoms with Crippen LogP contribution in [0, 0.1) is 17.8 Å². The number of halogens is 3. The van der Waals surface area contributed by atoms with Crippen molar-refractivity contribution in [3.05, 3.63) is 44.9 Å². The Morgan fingerprint density at radius 3 is 2.68 bits per heavy atom. The number of nitrogens with one attached hydrogen (secondary N) is 2. The largest absolute Gasteiger partial charge is 0.493 e. The van der Waals surface area contributed by atoms with Gasteiger partial charge in [-0.25, -0.2) is 14.4 Å². The predicted molar refractivity (Wildman–Crippen MR) is 121 cm³/mol. The van der Waals surface area contributed by atoms with Gasteiger partial charge in [0, 0.05) is 22.9 Å². The van der Waals surface area contributed by atoms with Gasteiger partial charge in [0.1, 0.15) is 24.0 Å². The highest BCUT2D eigenvalue weighted by Crippen LogP contribution is 2.41. The van der Waals surface area contributed by atoms with Crippen molar-refractivity contribution in [2.24, 2.45) is 27.7 Å². The van der Waals surface area contributed by atoms with Crippen molar-refractivity contribution in [1.29, 1.82) is 0 Å². The highest BCUT2D eigenvalue weighted by atomic mass is 35.5. The molecule has 0 amide bonds. The van der Waals surface area contributed by atoms with Gasteiger partial charge in [0.25, 0.3) is 0 Å². The number of methoxy groups -OCH3 is 1. The van der Waals surface area contributed by atoms with E-state index in [0.29, 0.717) is 28.7 Å². The van der Waals surface area contributed by atoms with Crippen LogP contribution in [0.25, 0.3) is 0 Å². The van der Waals surface area contributed by atoms with E-state index in [0.717, 1.165) is 37.4 Å². The maximum absolute atomic E-state index is 14.9. The fraction of sp³-hybridized carbons (Fsp3) is 0.545. The predicted octanol–water partition coefficient (Wildman–Crippen LogP) is 4.70. The van der Waals surface area contributed by atoms with Crippen molar-refractivity contribution in [1.82, 2.24) is 10.6 Å². The van der Waals surface area contributed by atoms with Gasteiger partial charge in [0.2, 0.25) is 0 Å². The Balaban J connectivity index is 1.62. The topological polar surface area (TPSA) is 67.2 Å². The Bertz CT molecular complexity index is 932. The first-order valence-corrected chi connectivity index (χ1v) is 11.3. The smallest absolute Gasteiger partial charge is 0.162 e. The van der Waals surface area contributed by atoms with Gasteiger partial charge in [0.15, 0.2) is 11.6 Å². The number of rotatable bonds is 4. The third-order valence-electron chi connectivity index (χ3n) is 6.16. The quantitative estimate of drug-likeness (QED) is 0.627. The monoisotopic (exact) mass is 468 g/mol. The number of fused-ring (bicyclic) bond motifs is 1. The molecule has 6 nitrogen and oxygen atoms in total. The maximum atomic E-state index is 14.9. The summed E-state index contributed by atoms with van der Waals surface area (Å²) in [5.41, 5.74) is 1.18. The van der Waals surface area contributed by atoms with Crippen LogP contribution < -0.4 is 10.6 Å². The summed E-state index contributed by atoms with van der Waals surface area (Å²) in [4.78, 5) is 8.91. The van der Waals surface area contributed by atoms with E-state index >= 15 is 0 Å². The lowest BCUT2D eigenvalue weighted by Crippen LogP contribution is -2.41. The summed E-state index contributed by atoms with van der Waals surface area (Å²) < 4.78 is 26.9. The Kier molecular flexibility index (Phi) is 6.74. The minimum absolute atomic E-state index is 0.0451. The molecule has 0 radical (unpaired) electrons. The molecule has 1 saturated heterocycles. The Morgan fingerprint density at radius 2 is 1.97 bits per heavy atom. The number of piperidine rings is 1. The van der Waals surface area contributed by atoms with Crippen LogP contribution in [-0.2, 0) is 9.47 Å². The second-order valence-electron chi connectivity index (χ2n) is 8.27. The summed E-state index contributed by atoms with van der Waals surface area (Å²) in [5.74, 6) is 1.06. The van der Waals surface area contributed by atoms with E-state index in [2.05, 4.69) is 27.5 Å². The molecule has 9 heteroatoms. The molecule has 0 aromatic rings. The lowest BCUT2D eigenvalue weighted by atomic mass is 9.82. The van der Waals surface area contributed by atoms with Crippen LogP contribution >= 0.6 is 23.2 Å². The number of hydrogen-bond donors (Lipinski definition) is 2. The molecular formula is C22H27Cl2FN4O2. The van der Waals surface area contributed by atoms with E-state index in [1.54, 1.807) is 7.11 Å². The third kappa shape index (κ3) is 4.41. The molecule has 4 rings (SSSR count). The number of hydrogen-bond acceptors (Lipinski definition) is 6. The van der Waals surface area contributed by atoms with Gasteiger partial charge in [-0.05, 0) is 32.4 Å². The van der Waals surface area contributed by atoms with Crippen molar-refractivity contribution in [3.8, 4) is 0 Å². The lowest BCUT2D eigenvalue weighted by Gasteiger charge is -2.36. The number of aliphatic imine (C=N–C) groups is 2. The zero-order chi connectivity index (χ0) is 22.1. The molecule has 0 aromatic heterocycles. The van der Waals surface area contributed by atoms with Gasteiger partial charge < -0.3 is 20.1 Å². The van der Waals surface area contributed by atoms with Crippen LogP contribution in [0.3, 0.4) is 0 Å². The van der Waals surface area contributed by atoms with Crippen LogP contribution in [0.15, 0.2) is 54.9 Å². The van der Waals surface area contributed by atoms with Crippen molar-refractivity contribution in [2.45, 2.75) is 39.2 Å². The first-order valence-electron chi connectivity index (χ1n) is 10.6. The van der Waals surface area contributed by atoms with E-state index in [4.69, 9.17) is 32.7 Å². The van der Waals surface area contributed by atoms with Crippen molar-refractivity contribution in [3.63, 3.8) is 0 Å². The third-order valence-corrected chi connectivity index (χ3v) is 6.99. The highest BCUT2D eigenvalue weighted by molar-refractivity contribution is 6.40. The molecule has 3 atom stereocenters.